The molecule has 0 radical (unpaired) electrons. The first-order valence-electron chi connectivity index (χ1n) is 7.36. The van der Waals surface area contributed by atoms with Crippen LogP contribution >= 0.6 is 22.7 Å². The van der Waals surface area contributed by atoms with Crippen molar-refractivity contribution >= 4 is 44.7 Å². The van der Waals surface area contributed by atoms with Gasteiger partial charge in [0.1, 0.15) is 11.1 Å². The fourth-order valence-corrected chi connectivity index (χ4v) is 4.58. The van der Waals surface area contributed by atoms with Crippen LogP contribution in [0.1, 0.15) is 33.7 Å². The zero-order valence-corrected chi connectivity index (χ0v) is 14.2. The summed E-state index contributed by atoms with van der Waals surface area (Å²) in [4.78, 5) is 24.1. The van der Waals surface area contributed by atoms with Crippen LogP contribution in [-0.2, 0) is 17.6 Å². The molecule has 2 aromatic rings. The van der Waals surface area contributed by atoms with Gasteiger partial charge in [-0.2, -0.15) is 5.26 Å². The molecule has 2 heterocycles. The Bertz CT molecular complexity index is 874. The molecular weight excluding hydrogens is 346 g/mol. The van der Waals surface area contributed by atoms with Crippen LogP contribution in [0.3, 0.4) is 0 Å². The van der Waals surface area contributed by atoms with Gasteiger partial charge in [0.25, 0.3) is 0 Å². The lowest BCUT2D eigenvalue weighted by Crippen LogP contribution is -2.07. The largest absolute Gasteiger partial charge is 0.324 e. The topological polar surface area (TPSA) is 96.0 Å². The molecule has 0 aliphatic heterocycles. The molecule has 0 fully saturated rings. The zero-order valence-electron chi connectivity index (χ0n) is 12.6. The summed E-state index contributed by atoms with van der Waals surface area (Å²) in [6.45, 7) is 0. The fraction of sp³-hybridized carbons (Fsp3) is 0.250. The maximum atomic E-state index is 12.1. The van der Waals surface area contributed by atoms with E-state index in [9.17, 15) is 20.2 Å². The van der Waals surface area contributed by atoms with E-state index in [0.717, 1.165) is 42.6 Å². The van der Waals surface area contributed by atoms with Crippen molar-refractivity contribution < 1.29 is 9.72 Å². The molecule has 6 nitrogen and oxygen atoms in total. The predicted molar refractivity (Wildman–Crippen MR) is 94.3 cm³/mol. The highest BCUT2D eigenvalue weighted by molar-refractivity contribution is 7.17. The summed E-state index contributed by atoms with van der Waals surface area (Å²) in [5.74, 6) is -0.346. The SMILES string of the molecule is N#Cc1c(NC(=O)C=Cc2ccc([N+](=O)[O-])s2)sc2c1CCCC2. The lowest BCUT2D eigenvalue weighted by atomic mass is 9.96. The Morgan fingerprint density at radius 3 is 2.83 bits per heavy atom. The normalized spacial score (nSPS) is 13.5. The van der Waals surface area contributed by atoms with Crippen molar-refractivity contribution in [2.75, 3.05) is 5.32 Å². The molecule has 8 heteroatoms. The van der Waals surface area contributed by atoms with Gasteiger partial charge >= 0.3 is 5.00 Å². The van der Waals surface area contributed by atoms with Crippen molar-refractivity contribution in [3.8, 4) is 6.07 Å². The maximum Gasteiger partial charge on any atom is 0.324 e. The number of nitro groups is 1. The number of fused-ring (bicyclic) bond motifs is 1. The summed E-state index contributed by atoms with van der Waals surface area (Å²) in [6, 6.07) is 5.20. The number of rotatable bonds is 4. The predicted octanol–water partition coefficient (Wildman–Crippen LogP) is 4.12. The monoisotopic (exact) mass is 359 g/mol. The van der Waals surface area contributed by atoms with Gasteiger partial charge < -0.3 is 5.32 Å². The zero-order chi connectivity index (χ0) is 17.1. The number of nitriles is 1. The van der Waals surface area contributed by atoms with Gasteiger partial charge in [0.05, 0.1) is 10.5 Å². The molecular formula is C16H13N3O3S2. The number of carbonyl (C=O) groups excluding carboxylic acids is 1. The number of carbonyl (C=O) groups is 1. The number of nitrogens with zero attached hydrogens (tertiary/aromatic N) is 2. The van der Waals surface area contributed by atoms with Gasteiger partial charge in [0, 0.05) is 21.9 Å². The average molecular weight is 359 g/mol. The van der Waals surface area contributed by atoms with Crippen LogP contribution in [0.15, 0.2) is 18.2 Å². The van der Waals surface area contributed by atoms with Crippen LogP contribution in [-0.4, -0.2) is 10.8 Å². The number of hydrogen-bond donors (Lipinski definition) is 1. The number of amides is 1. The minimum absolute atomic E-state index is 0.0350. The Hall–Kier alpha value is -2.50. The standard InChI is InChI=1S/C16H13N3O3S2/c17-9-12-11-3-1-2-4-13(11)24-16(12)18-14(20)7-5-10-6-8-15(23-10)19(21)22/h5-8H,1-4H2,(H,18,20). The van der Waals surface area contributed by atoms with Crippen molar-refractivity contribution in [2.45, 2.75) is 25.7 Å². The van der Waals surface area contributed by atoms with Crippen LogP contribution in [0.5, 0.6) is 0 Å². The summed E-state index contributed by atoms with van der Waals surface area (Å²) in [6.07, 6.45) is 6.90. The van der Waals surface area contributed by atoms with Crippen molar-refractivity contribution in [1.82, 2.24) is 0 Å². The van der Waals surface area contributed by atoms with Gasteiger partial charge in [-0.1, -0.05) is 11.3 Å². The number of aryl methyl sites for hydroxylation is 1. The molecule has 0 saturated carbocycles. The summed E-state index contributed by atoms with van der Waals surface area (Å²) < 4.78 is 0. The van der Waals surface area contributed by atoms with E-state index in [0.29, 0.717) is 15.4 Å². The van der Waals surface area contributed by atoms with Crippen LogP contribution < -0.4 is 5.32 Å². The lowest BCUT2D eigenvalue weighted by Gasteiger charge is -2.09. The van der Waals surface area contributed by atoms with Gasteiger partial charge in [-0.05, 0) is 43.4 Å². The Kier molecular flexibility index (Phi) is 4.74. The van der Waals surface area contributed by atoms with Crippen molar-refractivity contribution in [2.24, 2.45) is 0 Å². The molecule has 0 atom stereocenters. The third-order valence-corrected chi connectivity index (χ3v) is 5.92. The highest BCUT2D eigenvalue weighted by Gasteiger charge is 2.21. The summed E-state index contributed by atoms with van der Waals surface area (Å²) in [5.41, 5.74) is 1.64. The van der Waals surface area contributed by atoms with Crippen molar-refractivity contribution in [3.63, 3.8) is 0 Å². The smallest absolute Gasteiger partial charge is 0.313 e. The van der Waals surface area contributed by atoms with Crippen LogP contribution in [0.2, 0.25) is 0 Å². The Balaban J connectivity index is 1.73. The highest BCUT2D eigenvalue weighted by Crippen LogP contribution is 2.37. The third-order valence-electron chi connectivity index (χ3n) is 3.71. The minimum atomic E-state index is -0.461. The van der Waals surface area contributed by atoms with E-state index in [1.807, 2.05) is 0 Å². The first kappa shape index (κ1) is 16.4. The first-order valence-corrected chi connectivity index (χ1v) is 8.99. The number of hydrogen-bond acceptors (Lipinski definition) is 6. The summed E-state index contributed by atoms with van der Waals surface area (Å²) in [7, 11) is 0. The van der Waals surface area contributed by atoms with Gasteiger partial charge in [0.2, 0.25) is 5.91 Å². The molecule has 0 bridgehead atoms. The van der Waals surface area contributed by atoms with E-state index in [4.69, 9.17) is 0 Å². The van der Waals surface area contributed by atoms with Gasteiger partial charge in [0.15, 0.2) is 0 Å². The number of anilines is 1. The van der Waals surface area contributed by atoms with E-state index in [-0.39, 0.29) is 10.9 Å². The number of thiophene rings is 2. The number of nitrogens with one attached hydrogen (secondary N) is 1. The fourth-order valence-electron chi connectivity index (χ4n) is 2.61. The second kappa shape index (κ2) is 6.95. The highest BCUT2D eigenvalue weighted by atomic mass is 32.1. The van der Waals surface area contributed by atoms with E-state index in [1.54, 1.807) is 6.07 Å². The second-order valence-electron chi connectivity index (χ2n) is 5.28. The van der Waals surface area contributed by atoms with Crippen LogP contribution in [0, 0.1) is 21.4 Å². The summed E-state index contributed by atoms with van der Waals surface area (Å²) in [5, 5.41) is 23.4. The second-order valence-corrected chi connectivity index (χ2v) is 7.48. The van der Waals surface area contributed by atoms with Crippen molar-refractivity contribution in [1.29, 1.82) is 5.26 Å². The molecule has 1 N–H and O–H groups in total. The van der Waals surface area contributed by atoms with Gasteiger partial charge in [-0.25, -0.2) is 0 Å². The molecule has 3 rings (SSSR count). The van der Waals surface area contributed by atoms with Gasteiger partial charge in [-0.15, -0.1) is 11.3 Å². The van der Waals surface area contributed by atoms with E-state index < -0.39 is 4.92 Å². The lowest BCUT2D eigenvalue weighted by molar-refractivity contribution is -0.380. The molecule has 0 spiro atoms. The molecule has 122 valence electrons. The van der Waals surface area contributed by atoms with Gasteiger partial charge in [-0.3, -0.25) is 14.9 Å². The molecule has 24 heavy (non-hydrogen) atoms. The Morgan fingerprint density at radius 2 is 2.12 bits per heavy atom. The Morgan fingerprint density at radius 1 is 1.33 bits per heavy atom. The van der Waals surface area contributed by atoms with E-state index in [1.165, 1.54) is 34.4 Å². The maximum absolute atomic E-state index is 12.1. The average Bonchev–Trinajstić information content (AvgIpc) is 3.17. The minimum Gasteiger partial charge on any atom is -0.313 e. The van der Waals surface area contributed by atoms with Crippen LogP contribution in [0.4, 0.5) is 10.0 Å². The third kappa shape index (κ3) is 3.37. The van der Waals surface area contributed by atoms with E-state index in [2.05, 4.69) is 11.4 Å². The molecule has 1 aliphatic carbocycles. The molecule has 0 saturated heterocycles. The van der Waals surface area contributed by atoms with E-state index >= 15 is 0 Å². The molecule has 2 aromatic heterocycles. The molecule has 0 aromatic carbocycles. The molecule has 1 amide bonds. The van der Waals surface area contributed by atoms with Crippen LogP contribution in [0.25, 0.3) is 6.08 Å². The first-order chi connectivity index (χ1) is 11.6. The molecule has 0 unspecified atom stereocenters. The summed E-state index contributed by atoms with van der Waals surface area (Å²) >= 11 is 2.47. The molecule has 1 aliphatic rings. The quantitative estimate of drug-likeness (QED) is 0.504. The Labute approximate surface area is 146 Å². The van der Waals surface area contributed by atoms with Crippen molar-refractivity contribution in [3.05, 3.63) is 49.2 Å².